The second-order valence-corrected chi connectivity index (χ2v) is 1.94. The number of carbonyl (C=O) groups is 1. The van der Waals surface area contributed by atoms with E-state index in [2.05, 4.69) is 0 Å². The number of primary amides is 1. The highest BCUT2D eigenvalue weighted by Crippen LogP contribution is 1.98. The highest BCUT2D eigenvalue weighted by Gasteiger charge is 1.97. The number of nitrogens with two attached hydrogens (primary N) is 1. The molecule has 1 amide bonds. The monoisotopic (exact) mass is 139 g/mol. The minimum atomic E-state index is -0.333. The van der Waals surface area contributed by atoms with Crippen molar-refractivity contribution in [2.75, 3.05) is 0 Å². The third kappa shape index (κ3) is 3.07. The molecule has 0 bridgehead atoms. The van der Waals surface area contributed by atoms with E-state index in [0.29, 0.717) is 12.0 Å². The lowest BCUT2D eigenvalue weighted by Gasteiger charge is -1.93. The minimum absolute atomic E-state index is 0.333. The lowest BCUT2D eigenvalue weighted by Crippen LogP contribution is -2.12. The lowest BCUT2D eigenvalue weighted by molar-refractivity contribution is -0.114. The molecule has 0 saturated carbocycles. The van der Waals surface area contributed by atoms with Gasteiger partial charge in [-0.2, -0.15) is 0 Å². The average Bonchev–Trinajstić information content (AvgIpc) is 1.89. The molecule has 0 aromatic carbocycles. The second-order valence-electron chi connectivity index (χ2n) is 1.94. The molecule has 0 aromatic heterocycles. The summed E-state index contributed by atoms with van der Waals surface area (Å²) in [6.07, 6.45) is 6.10. The van der Waals surface area contributed by atoms with E-state index < -0.39 is 0 Å². The van der Waals surface area contributed by atoms with Gasteiger partial charge in [-0.05, 0) is 13.3 Å². The van der Waals surface area contributed by atoms with Crippen LogP contribution in [0.25, 0.3) is 0 Å². The Kier molecular flexibility index (Phi) is 4.29. The van der Waals surface area contributed by atoms with E-state index in [1.54, 1.807) is 6.08 Å². The van der Waals surface area contributed by atoms with Crippen molar-refractivity contribution in [3.8, 4) is 0 Å². The molecule has 0 rings (SSSR count). The summed E-state index contributed by atoms with van der Waals surface area (Å²) in [7, 11) is 0. The van der Waals surface area contributed by atoms with Gasteiger partial charge in [0, 0.05) is 5.57 Å². The van der Waals surface area contributed by atoms with Crippen molar-refractivity contribution in [1.82, 2.24) is 0 Å². The van der Waals surface area contributed by atoms with Gasteiger partial charge in [0.15, 0.2) is 0 Å². The van der Waals surface area contributed by atoms with Crippen LogP contribution in [-0.2, 0) is 4.79 Å². The molecule has 0 radical (unpaired) electrons. The van der Waals surface area contributed by atoms with E-state index in [1.807, 2.05) is 26.0 Å². The number of hydrogen-bond acceptors (Lipinski definition) is 1. The molecule has 10 heavy (non-hydrogen) atoms. The summed E-state index contributed by atoms with van der Waals surface area (Å²) >= 11 is 0. The van der Waals surface area contributed by atoms with E-state index in [-0.39, 0.29) is 5.91 Å². The van der Waals surface area contributed by atoms with Gasteiger partial charge in [-0.15, -0.1) is 0 Å². The summed E-state index contributed by atoms with van der Waals surface area (Å²) in [5, 5.41) is 0. The van der Waals surface area contributed by atoms with Crippen LogP contribution in [0.3, 0.4) is 0 Å². The molecular weight excluding hydrogens is 126 g/mol. The molecule has 2 nitrogen and oxygen atoms in total. The van der Waals surface area contributed by atoms with Gasteiger partial charge in [0.2, 0.25) is 5.91 Å². The predicted octanol–water partition coefficient (Wildman–Crippen LogP) is 1.38. The highest BCUT2D eigenvalue weighted by atomic mass is 16.1. The van der Waals surface area contributed by atoms with Crippen LogP contribution in [0, 0.1) is 0 Å². The Hall–Kier alpha value is -1.05. The largest absolute Gasteiger partial charge is 0.366 e. The molecule has 0 atom stereocenters. The van der Waals surface area contributed by atoms with Crippen LogP contribution >= 0.6 is 0 Å². The fourth-order valence-corrected chi connectivity index (χ4v) is 0.587. The molecule has 0 aliphatic heterocycles. The topological polar surface area (TPSA) is 43.1 Å². The van der Waals surface area contributed by atoms with Gasteiger partial charge >= 0.3 is 0 Å². The van der Waals surface area contributed by atoms with Crippen LogP contribution in [0.2, 0.25) is 0 Å². The number of amides is 1. The van der Waals surface area contributed by atoms with E-state index in [9.17, 15) is 4.79 Å². The molecule has 2 N–H and O–H groups in total. The zero-order valence-corrected chi connectivity index (χ0v) is 6.42. The molecule has 56 valence electrons. The Balaban J connectivity index is 4.18. The van der Waals surface area contributed by atoms with Crippen LogP contribution in [0.4, 0.5) is 0 Å². The van der Waals surface area contributed by atoms with Crippen molar-refractivity contribution < 1.29 is 4.79 Å². The van der Waals surface area contributed by atoms with Crippen molar-refractivity contribution in [3.05, 3.63) is 23.8 Å². The third-order valence-corrected chi connectivity index (χ3v) is 1.19. The summed E-state index contributed by atoms with van der Waals surface area (Å²) in [4.78, 5) is 10.6. The van der Waals surface area contributed by atoms with Crippen molar-refractivity contribution in [3.63, 3.8) is 0 Å². The standard InChI is InChI=1S/C8H13NO/c1-3-5-6-7(4-2)8(9)10/h3,5-6H,4H2,1-2H3,(H2,9,10)/b5-3+,7-6+. The highest BCUT2D eigenvalue weighted by molar-refractivity contribution is 5.92. The molecule has 0 unspecified atom stereocenters. The molecule has 0 aromatic rings. The fourth-order valence-electron chi connectivity index (χ4n) is 0.587. The Bertz CT molecular complexity index is 168. The summed E-state index contributed by atoms with van der Waals surface area (Å²) in [5.41, 5.74) is 5.71. The number of allylic oxidation sites excluding steroid dienone is 3. The predicted molar refractivity (Wildman–Crippen MR) is 42.4 cm³/mol. The molecule has 0 spiro atoms. The fraction of sp³-hybridized carbons (Fsp3) is 0.375. The van der Waals surface area contributed by atoms with Crippen molar-refractivity contribution in [1.29, 1.82) is 0 Å². The van der Waals surface area contributed by atoms with Crippen LogP contribution < -0.4 is 5.73 Å². The summed E-state index contributed by atoms with van der Waals surface area (Å²) < 4.78 is 0. The van der Waals surface area contributed by atoms with Crippen molar-refractivity contribution in [2.24, 2.45) is 5.73 Å². The van der Waals surface area contributed by atoms with Gasteiger partial charge in [0.05, 0.1) is 0 Å². The van der Waals surface area contributed by atoms with Gasteiger partial charge in [-0.25, -0.2) is 0 Å². The summed E-state index contributed by atoms with van der Waals surface area (Å²) in [6.45, 7) is 3.80. The summed E-state index contributed by atoms with van der Waals surface area (Å²) in [5.74, 6) is -0.333. The van der Waals surface area contributed by atoms with Gasteiger partial charge in [0.25, 0.3) is 0 Å². The van der Waals surface area contributed by atoms with E-state index >= 15 is 0 Å². The maximum Gasteiger partial charge on any atom is 0.244 e. The molecular formula is C8H13NO. The smallest absolute Gasteiger partial charge is 0.244 e. The van der Waals surface area contributed by atoms with Gasteiger partial charge < -0.3 is 5.73 Å². The van der Waals surface area contributed by atoms with Crippen molar-refractivity contribution >= 4 is 5.91 Å². The molecule has 0 aliphatic rings. The molecule has 0 saturated heterocycles. The van der Waals surface area contributed by atoms with Gasteiger partial charge in [0.1, 0.15) is 0 Å². The Morgan fingerprint density at radius 3 is 2.50 bits per heavy atom. The van der Waals surface area contributed by atoms with E-state index in [1.165, 1.54) is 0 Å². The number of rotatable bonds is 3. The molecule has 0 fully saturated rings. The Morgan fingerprint density at radius 2 is 2.20 bits per heavy atom. The van der Waals surface area contributed by atoms with Crippen LogP contribution in [0.1, 0.15) is 20.3 Å². The van der Waals surface area contributed by atoms with Crippen LogP contribution in [-0.4, -0.2) is 5.91 Å². The SMILES string of the molecule is C/C=C/C=C(\CC)C(N)=O. The molecule has 2 heteroatoms. The Morgan fingerprint density at radius 1 is 1.60 bits per heavy atom. The first-order valence-electron chi connectivity index (χ1n) is 3.34. The number of hydrogen-bond donors (Lipinski definition) is 1. The van der Waals surface area contributed by atoms with Crippen molar-refractivity contribution in [2.45, 2.75) is 20.3 Å². The maximum atomic E-state index is 10.6. The van der Waals surface area contributed by atoms with Crippen LogP contribution in [0.5, 0.6) is 0 Å². The van der Waals surface area contributed by atoms with E-state index in [4.69, 9.17) is 5.73 Å². The maximum absolute atomic E-state index is 10.6. The first-order chi connectivity index (χ1) is 4.72. The number of carbonyl (C=O) groups excluding carboxylic acids is 1. The minimum Gasteiger partial charge on any atom is -0.366 e. The first kappa shape index (κ1) is 8.95. The zero-order valence-electron chi connectivity index (χ0n) is 6.42. The van der Waals surface area contributed by atoms with Crippen LogP contribution in [0.15, 0.2) is 23.8 Å². The molecule has 0 aliphatic carbocycles. The van der Waals surface area contributed by atoms with Gasteiger partial charge in [-0.1, -0.05) is 25.2 Å². The van der Waals surface area contributed by atoms with Gasteiger partial charge in [-0.3, -0.25) is 4.79 Å². The van der Waals surface area contributed by atoms with E-state index in [0.717, 1.165) is 0 Å². The zero-order chi connectivity index (χ0) is 7.98. The molecule has 0 heterocycles. The third-order valence-electron chi connectivity index (χ3n) is 1.19. The summed E-state index contributed by atoms with van der Waals surface area (Å²) in [6, 6.07) is 0. The second kappa shape index (κ2) is 4.79. The normalized spacial score (nSPS) is 12.4. The average molecular weight is 139 g/mol. The Labute approximate surface area is 61.4 Å². The first-order valence-corrected chi connectivity index (χ1v) is 3.34. The lowest BCUT2D eigenvalue weighted by atomic mass is 10.2. The quantitative estimate of drug-likeness (QED) is 0.466.